The number of aryl methyl sites for hydroxylation is 1. The van der Waals surface area contributed by atoms with Gasteiger partial charge in [-0.15, -0.1) is 0 Å². The number of rotatable bonds is 5. The molecule has 0 aliphatic rings. The Morgan fingerprint density at radius 2 is 2.20 bits per heavy atom. The molecule has 1 rings (SSSR count). The van der Waals surface area contributed by atoms with Crippen LogP contribution in [0.15, 0.2) is 18.2 Å². The van der Waals surface area contributed by atoms with Gasteiger partial charge in [0.1, 0.15) is 5.82 Å². The smallest absolute Gasteiger partial charge is 0.165 e. The molecule has 0 N–H and O–H groups in total. The van der Waals surface area contributed by atoms with Crippen molar-refractivity contribution in [3.8, 4) is 0 Å². The van der Waals surface area contributed by atoms with Crippen molar-refractivity contribution in [2.24, 2.45) is 0 Å². The summed E-state index contributed by atoms with van der Waals surface area (Å²) < 4.78 is 18.0. The molecular formula is C12H15FO2. The molecule has 0 aliphatic heterocycles. The molecule has 0 radical (unpaired) electrons. The van der Waals surface area contributed by atoms with Gasteiger partial charge in [-0.1, -0.05) is 0 Å². The van der Waals surface area contributed by atoms with Crippen molar-refractivity contribution in [2.45, 2.75) is 20.3 Å². The maximum Gasteiger partial charge on any atom is 0.165 e. The van der Waals surface area contributed by atoms with Crippen molar-refractivity contribution < 1.29 is 13.9 Å². The Bertz CT molecular complexity index is 347. The van der Waals surface area contributed by atoms with E-state index in [-0.39, 0.29) is 11.6 Å². The summed E-state index contributed by atoms with van der Waals surface area (Å²) >= 11 is 0. The fourth-order valence-corrected chi connectivity index (χ4v) is 1.27. The maximum atomic E-state index is 12.9. The lowest BCUT2D eigenvalue weighted by Gasteiger charge is -2.03. The molecule has 1 aromatic rings. The molecule has 1 aromatic carbocycles. The zero-order valence-corrected chi connectivity index (χ0v) is 9.05. The fourth-order valence-electron chi connectivity index (χ4n) is 1.27. The molecule has 2 nitrogen and oxygen atoms in total. The molecular weight excluding hydrogens is 195 g/mol. The number of ketones is 1. The Morgan fingerprint density at radius 3 is 2.80 bits per heavy atom. The van der Waals surface area contributed by atoms with Crippen LogP contribution < -0.4 is 0 Å². The van der Waals surface area contributed by atoms with Crippen molar-refractivity contribution in [3.05, 3.63) is 35.1 Å². The van der Waals surface area contributed by atoms with Crippen LogP contribution in [-0.4, -0.2) is 19.0 Å². The highest BCUT2D eigenvalue weighted by molar-refractivity contribution is 5.96. The van der Waals surface area contributed by atoms with E-state index in [1.807, 2.05) is 6.92 Å². The molecule has 3 heteroatoms. The average Bonchev–Trinajstić information content (AvgIpc) is 2.22. The molecule has 0 aliphatic carbocycles. The first kappa shape index (κ1) is 11.9. The number of hydrogen-bond acceptors (Lipinski definition) is 2. The van der Waals surface area contributed by atoms with Gasteiger partial charge in [0.25, 0.3) is 0 Å². The summed E-state index contributed by atoms with van der Waals surface area (Å²) in [6.07, 6.45) is 0.346. The molecule has 0 heterocycles. The minimum Gasteiger partial charge on any atom is -0.381 e. The highest BCUT2D eigenvalue weighted by atomic mass is 19.1. The van der Waals surface area contributed by atoms with Crippen LogP contribution in [0.2, 0.25) is 0 Å². The van der Waals surface area contributed by atoms with Crippen LogP contribution in [-0.2, 0) is 4.74 Å². The number of ether oxygens (including phenoxy) is 1. The van der Waals surface area contributed by atoms with Gasteiger partial charge >= 0.3 is 0 Å². The number of halogens is 1. The summed E-state index contributed by atoms with van der Waals surface area (Å²) in [5.74, 6) is -0.289. The van der Waals surface area contributed by atoms with E-state index < -0.39 is 0 Å². The molecule has 15 heavy (non-hydrogen) atoms. The minimum atomic E-state index is -0.281. The molecule has 0 spiro atoms. The van der Waals surface area contributed by atoms with Gasteiger partial charge in [0, 0.05) is 18.6 Å². The number of carbonyl (C=O) groups excluding carboxylic acids is 1. The molecule has 0 atom stereocenters. The topological polar surface area (TPSA) is 26.3 Å². The van der Waals surface area contributed by atoms with Crippen molar-refractivity contribution in [3.63, 3.8) is 0 Å². The monoisotopic (exact) mass is 210 g/mol. The second kappa shape index (κ2) is 5.61. The van der Waals surface area contributed by atoms with Crippen molar-refractivity contribution in [1.29, 1.82) is 0 Å². The van der Waals surface area contributed by atoms with Gasteiger partial charge in [-0.2, -0.15) is 0 Å². The predicted molar refractivity (Wildman–Crippen MR) is 56.6 cm³/mol. The van der Waals surface area contributed by atoms with Gasteiger partial charge in [0.05, 0.1) is 6.61 Å². The SMILES string of the molecule is CCOCCC(=O)c1ccc(F)c(C)c1. The van der Waals surface area contributed by atoms with E-state index in [0.717, 1.165) is 0 Å². The van der Waals surface area contributed by atoms with Gasteiger partial charge in [0.2, 0.25) is 0 Å². The molecule has 0 aromatic heterocycles. The summed E-state index contributed by atoms with van der Waals surface area (Å²) in [5, 5.41) is 0. The lowest BCUT2D eigenvalue weighted by Crippen LogP contribution is -2.05. The zero-order valence-electron chi connectivity index (χ0n) is 9.05. The summed E-state index contributed by atoms with van der Waals surface area (Å²) in [4.78, 5) is 11.6. The largest absolute Gasteiger partial charge is 0.381 e. The highest BCUT2D eigenvalue weighted by Gasteiger charge is 2.07. The first-order valence-electron chi connectivity index (χ1n) is 5.02. The normalized spacial score (nSPS) is 10.3. The molecule has 0 amide bonds. The van der Waals surface area contributed by atoms with E-state index in [1.54, 1.807) is 13.0 Å². The molecule has 82 valence electrons. The van der Waals surface area contributed by atoms with Crippen LogP contribution in [0.1, 0.15) is 29.3 Å². The quantitative estimate of drug-likeness (QED) is 0.551. The molecule has 0 saturated carbocycles. The average molecular weight is 210 g/mol. The standard InChI is InChI=1S/C12H15FO2/c1-3-15-7-6-12(14)10-4-5-11(13)9(2)8-10/h4-5,8H,3,6-7H2,1-2H3. The van der Waals surface area contributed by atoms with Crippen LogP contribution in [0.3, 0.4) is 0 Å². The van der Waals surface area contributed by atoms with E-state index in [1.165, 1.54) is 12.1 Å². The van der Waals surface area contributed by atoms with Gasteiger partial charge in [-0.3, -0.25) is 4.79 Å². The van der Waals surface area contributed by atoms with Crippen molar-refractivity contribution in [2.75, 3.05) is 13.2 Å². The van der Waals surface area contributed by atoms with E-state index in [0.29, 0.717) is 30.8 Å². The van der Waals surface area contributed by atoms with E-state index in [9.17, 15) is 9.18 Å². The minimum absolute atomic E-state index is 0.00782. The number of Topliss-reactive ketones (excluding diaryl/α,β-unsaturated/α-hetero) is 1. The number of carbonyl (C=O) groups is 1. The molecule has 0 bridgehead atoms. The van der Waals surface area contributed by atoms with Gasteiger partial charge in [0.15, 0.2) is 5.78 Å². The Hall–Kier alpha value is -1.22. The van der Waals surface area contributed by atoms with Gasteiger partial charge in [-0.25, -0.2) is 4.39 Å². The molecule has 0 unspecified atom stereocenters. The Morgan fingerprint density at radius 1 is 1.47 bits per heavy atom. The summed E-state index contributed by atoms with van der Waals surface area (Å²) in [6.45, 7) is 4.56. The first-order valence-corrected chi connectivity index (χ1v) is 5.02. The predicted octanol–water partition coefficient (Wildman–Crippen LogP) is 2.74. The summed E-state index contributed by atoms with van der Waals surface area (Å²) in [7, 11) is 0. The number of benzene rings is 1. The lowest BCUT2D eigenvalue weighted by molar-refractivity contribution is 0.0895. The molecule has 0 fully saturated rings. The summed E-state index contributed by atoms with van der Waals surface area (Å²) in [6, 6.07) is 4.41. The van der Waals surface area contributed by atoms with Gasteiger partial charge in [-0.05, 0) is 37.6 Å². The Balaban J connectivity index is 2.62. The van der Waals surface area contributed by atoms with Crippen molar-refractivity contribution in [1.82, 2.24) is 0 Å². The lowest BCUT2D eigenvalue weighted by atomic mass is 10.1. The van der Waals surface area contributed by atoms with Gasteiger partial charge < -0.3 is 4.74 Å². The summed E-state index contributed by atoms with van der Waals surface area (Å²) in [5.41, 5.74) is 1.05. The zero-order chi connectivity index (χ0) is 11.3. The van der Waals surface area contributed by atoms with Crippen molar-refractivity contribution >= 4 is 5.78 Å². The van der Waals surface area contributed by atoms with Crippen LogP contribution in [0.25, 0.3) is 0 Å². The van der Waals surface area contributed by atoms with E-state index in [2.05, 4.69) is 0 Å². The second-order valence-corrected chi connectivity index (χ2v) is 3.33. The van der Waals surface area contributed by atoms with Crippen LogP contribution >= 0.6 is 0 Å². The van der Waals surface area contributed by atoms with Crippen LogP contribution in [0.4, 0.5) is 4.39 Å². The highest BCUT2D eigenvalue weighted by Crippen LogP contribution is 2.11. The third kappa shape index (κ3) is 3.44. The van der Waals surface area contributed by atoms with E-state index >= 15 is 0 Å². The second-order valence-electron chi connectivity index (χ2n) is 3.33. The van der Waals surface area contributed by atoms with Crippen LogP contribution in [0.5, 0.6) is 0 Å². The fraction of sp³-hybridized carbons (Fsp3) is 0.417. The maximum absolute atomic E-state index is 12.9. The van der Waals surface area contributed by atoms with E-state index in [4.69, 9.17) is 4.74 Å². The molecule has 0 saturated heterocycles. The third-order valence-electron chi connectivity index (χ3n) is 2.16. The number of hydrogen-bond donors (Lipinski definition) is 0. The Kier molecular flexibility index (Phi) is 4.43. The first-order chi connectivity index (χ1) is 7.15. The Labute approximate surface area is 89.1 Å². The third-order valence-corrected chi connectivity index (χ3v) is 2.16. The van der Waals surface area contributed by atoms with Crippen LogP contribution in [0, 0.1) is 12.7 Å².